The molecule has 3 heterocycles. The summed E-state index contributed by atoms with van der Waals surface area (Å²) in [6, 6.07) is 11.0. The molecule has 1 saturated heterocycles. The quantitative estimate of drug-likeness (QED) is 0.343. The molecule has 9 nitrogen and oxygen atoms in total. The minimum Gasteiger partial charge on any atom is -0.364 e. The van der Waals surface area contributed by atoms with Crippen LogP contribution >= 0.6 is 11.6 Å². The standard InChI is InChI=1S/C27H23ClF3N5O4S/c1-26(10-12-41(39,40)13-11-26)34-25(38)20-21(23(32)37)35-36-22(15-6-8-16(9-7-15)27(29,30)31)18(14-33-24(20)36)17-4-2-3-5-19(17)28/h2-9,14H,10-13H2,1H3,(H2,32,37)(H,34,38). The molecule has 1 fully saturated rings. The second kappa shape index (κ2) is 10.1. The number of halogens is 4. The molecule has 14 heteroatoms. The van der Waals surface area contributed by atoms with Crippen molar-refractivity contribution in [3.63, 3.8) is 0 Å². The number of nitrogens with two attached hydrogens (primary N) is 1. The van der Waals surface area contributed by atoms with E-state index in [0.717, 1.165) is 12.1 Å². The number of rotatable bonds is 5. The van der Waals surface area contributed by atoms with Crippen molar-refractivity contribution >= 4 is 38.9 Å². The van der Waals surface area contributed by atoms with Gasteiger partial charge in [0, 0.05) is 33.4 Å². The Morgan fingerprint density at radius 1 is 1.05 bits per heavy atom. The Balaban J connectivity index is 1.71. The number of aromatic nitrogens is 3. The van der Waals surface area contributed by atoms with Crippen LogP contribution < -0.4 is 11.1 Å². The van der Waals surface area contributed by atoms with Gasteiger partial charge in [-0.05, 0) is 38.0 Å². The van der Waals surface area contributed by atoms with Crippen LogP contribution in [0.1, 0.15) is 46.2 Å². The summed E-state index contributed by atoms with van der Waals surface area (Å²) in [5.41, 5.74) is 4.46. The van der Waals surface area contributed by atoms with Crippen LogP contribution in [0.2, 0.25) is 5.02 Å². The molecule has 41 heavy (non-hydrogen) atoms. The minimum absolute atomic E-state index is 0.0750. The lowest BCUT2D eigenvalue weighted by molar-refractivity contribution is -0.137. The molecule has 5 rings (SSSR count). The van der Waals surface area contributed by atoms with Crippen LogP contribution in [0, 0.1) is 0 Å². The first-order valence-corrected chi connectivity index (χ1v) is 14.6. The second-order valence-corrected chi connectivity index (χ2v) is 12.8. The second-order valence-electron chi connectivity index (χ2n) is 10.1. The van der Waals surface area contributed by atoms with Crippen LogP contribution in [0.15, 0.2) is 54.7 Å². The highest BCUT2D eigenvalue weighted by Crippen LogP contribution is 2.38. The van der Waals surface area contributed by atoms with E-state index in [4.69, 9.17) is 17.3 Å². The van der Waals surface area contributed by atoms with Gasteiger partial charge in [-0.3, -0.25) is 9.59 Å². The Bertz CT molecular complexity index is 1790. The fraction of sp³-hybridized carbons (Fsp3) is 0.259. The molecule has 2 aromatic heterocycles. The number of primary amides is 1. The van der Waals surface area contributed by atoms with Crippen molar-refractivity contribution in [3.8, 4) is 22.4 Å². The number of nitrogens with one attached hydrogen (secondary N) is 1. The molecule has 3 N–H and O–H groups in total. The van der Waals surface area contributed by atoms with Crippen LogP contribution in [-0.2, 0) is 16.0 Å². The monoisotopic (exact) mass is 605 g/mol. The van der Waals surface area contributed by atoms with Crippen molar-refractivity contribution in [2.45, 2.75) is 31.5 Å². The smallest absolute Gasteiger partial charge is 0.364 e. The number of carbonyl (C=O) groups excluding carboxylic acids is 2. The highest BCUT2D eigenvalue weighted by molar-refractivity contribution is 7.91. The number of benzene rings is 2. The summed E-state index contributed by atoms with van der Waals surface area (Å²) in [5, 5.41) is 7.43. The maximum absolute atomic E-state index is 13.6. The lowest BCUT2D eigenvalue weighted by Gasteiger charge is -2.34. The van der Waals surface area contributed by atoms with Gasteiger partial charge in [-0.15, -0.1) is 0 Å². The van der Waals surface area contributed by atoms with Gasteiger partial charge < -0.3 is 11.1 Å². The van der Waals surface area contributed by atoms with E-state index in [-0.39, 0.29) is 46.8 Å². The number of amides is 2. The van der Waals surface area contributed by atoms with Crippen molar-refractivity contribution in [2.75, 3.05) is 11.5 Å². The van der Waals surface area contributed by atoms with Gasteiger partial charge in [-0.25, -0.2) is 17.9 Å². The first-order valence-electron chi connectivity index (χ1n) is 12.4. The molecule has 0 saturated carbocycles. The predicted octanol–water partition coefficient (Wildman–Crippen LogP) is 4.53. The van der Waals surface area contributed by atoms with Crippen LogP contribution in [-0.4, -0.2) is 51.9 Å². The molecular weight excluding hydrogens is 583 g/mol. The SMILES string of the molecule is CC1(NC(=O)c2c(C(N)=O)nn3c(-c4ccc(C(F)(F)F)cc4)c(-c4ccccc4Cl)cnc23)CCS(=O)(=O)CC1. The maximum Gasteiger partial charge on any atom is 0.416 e. The molecule has 0 spiro atoms. The zero-order chi connectivity index (χ0) is 29.7. The van der Waals surface area contributed by atoms with Crippen LogP contribution in [0.4, 0.5) is 13.2 Å². The minimum atomic E-state index is -4.57. The summed E-state index contributed by atoms with van der Waals surface area (Å²) in [4.78, 5) is 30.5. The number of fused-ring (bicyclic) bond motifs is 1. The highest BCUT2D eigenvalue weighted by Gasteiger charge is 2.37. The van der Waals surface area contributed by atoms with E-state index >= 15 is 0 Å². The van der Waals surface area contributed by atoms with Crippen LogP contribution in [0.5, 0.6) is 0 Å². The molecule has 4 aromatic rings. The third-order valence-electron chi connectivity index (χ3n) is 7.10. The van der Waals surface area contributed by atoms with Gasteiger partial charge in [0.05, 0.1) is 22.8 Å². The van der Waals surface area contributed by atoms with E-state index in [0.29, 0.717) is 16.1 Å². The van der Waals surface area contributed by atoms with Crippen LogP contribution in [0.3, 0.4) is 0 Å². The van der Waals surface area contributed by atoms with Crippen molar-refractivity contribution in [3.05, 3.63) is 76.6 Å². The Labute approximate surface area is 237 Å². The van der Waals surface area contributed by atoms with E-state index < -0.39 is 44.6 Å². The molecule has 2 aromatic carbocycles. The fourth-order valence-corrected chi connectivity index (χ4v) is 6.75. The van der Waals surface area contributed by atoms with E-state index in [1.54, 1.807) is 31.2 Å². The molecule has 214 valence electrons. The van der Waals surface area contributed by atoms with Crippen molar-refractivity contribution in [1.82, 2.24) is 19.9 Å². The number of hydrogen-bond donors (Lipinski definition) is 2. The van der Waals surface area contributed by atoms with Gasteiger partial charge in [-0.2, -0.15) is 18.3 Å². The number of sulfone groups is 1. The van der Waals surface area contributed by atoms with Gasteiger partial charge >= 0.3 is 6.18 Å². The van der Waals surface area contributed by atoms with Gasteiger partial charge in [0.25, 0.3) is 11.8 Å². The van der Waals surface area contributed by atoms with E-state index in [1.165, 1.54) is 22.8 Å². The summed E-state index contributed by atoms with van der Waals surface area (Å²) >= 11 is 6.45. The summed E-state index contributed by atoms with van der Waals surface area (Å²) in [7, 11) is -3.22. The van der Waals surface area contributed by atoms with Crippen LogP contribution in [0.25, 0.3) is 28.0 Å². The van der Waals surface area contributed by atoms with Gasteiger partial charge in [0.1, 0.15) is 15.4 Å². The van der Waals surface area contributed by atoms with Crippen molar-refractivity contribution < 1.29 is 31.2 Å². The molecular formula is C27H23ClF3N5O4S. The topological polar surface area (TPSA) is 137 Å². The number of hydrogen-bond acceptors (Lipinski definition) is 6. The average Bonchev–Trinajstić information content (AvgIpc) is 3.30. The van der Waals surface area contributed by atoms with Gasteiger partial charge in [0.2, 0.25) is 0 Å². The lowest BCUT2D eigenvalue weighted by atomic mass is 9.94. The molecule has 0 radical (unpaired) electrons. The summed E-state index contributed by atoms with van der Waals surface area (Å²) < 4.78 is 64.9. The highest BCUT2D eigenvalue weighted by atomic mass is 35.5. The molecule has 0 aliphatic carbocycles. The zero-order valence-corrected chi connectivity index (χ0v) is 23.1. The normalized spacial score (nSPS) is 16.4. The number of carbonyl (C=O) groups is 2. The lowest BCUT2D eigenvalue weighted by Crippen LogP contribution is -2.51. The maximum atomic E-state index is 13.6. The first kappa shape index (κ1) is 28.6. The third kappa shape index (κ3) is 5.51. The van der Waals surface area contributed by atoms with Crippen molar-refractivity contribution in [1.29, 1.82) is 0 Å². The number of alkyl halides is 3. The zero-order valence-electron chi connectivity index (χ0n) is 21.5. The molecule has 0 atom stereocenters. The Morgan fingerprint density at radius 3 is 2.27 bits per heavy atom. The van der Waals surface area contributed by atoms with Crippen molar-refractivity contribution in [2.24, 2.45) is 5.73 Å². The third-order valence-corrected chi connectivity index (χ3v) is 9.08. The Kier molecular flexibility index (Phi) is 7.06. The summed E-state index contributed by atoms with van der Waals surface area (Å²) in [6.45, 7) is 1.70. The number of nitrogens with zero attached hydrogens (tertiary/aromatic N) is 3. The molecule has 2 amide bonds. The Hall–Kier alpha value is -3.97. The molecule has 0 unspecified atom stereocenters. The van der Waals surface area contributed by atoms with E-state index in [2.05, 4.69) is 15.4 Å². The van der Waals surface area contributed by atoms with E-state index in [1.807, 2.05) is 0 Å². The largest absolute Gasteiger partial charge is 0.416 e. The predicted molar refractivity (Wildman–Crippen MR) is 146 cm³/mol. The van der Waals surface area contributed by atoms with Gasteiger partial charge in [-0.1, -0.05) is 41.9 Å². The molecule has 1 aliphatic heterocycles. The van der Waals surface area contributed by atoms with Gasteiger partial charge in [0.15, 0.2) is 11.3 Å². The van der Waals surface area contributed by atoms with E-state index in [9.17, 15) is 31.2 Å². The molecule has 1 aliphatic rings. The molecule has 0 bridgehead atoms. The average molecular weight is 606 g/mol. The summed E-state index contributed by atoms with van der Waals surface area (Å²) in [5.74, 6) is -2.00. The first-order chi connectivity index (χ1) is 19.2. The Morgan fingerprint density at radius 2 is 1.68 bits per heavy atom. The summed E-state index contributed by atoms with van der Waals surface area (Å²) in [6.07, 6.45) is -2.86. The fourth-order valence-electron chi connectivity index (χ4n) is 4.79.